The quantitative estimate of drug-likeness (QED) is 0.479. The second-order valence-electron chi connectivity index (χ2n) is 6.85. The molecule has 152 valence electrons. The Bertz CT molecular complexity index is 981. The zero-order chi connectivity index (χ0) is 20.8. The van der Waals surface area contributed by atoms with E-state index in [1.807, 2.05) is 42.9 Å². The first-order valence-electron chi connectivity index (χ1n) is 9.64. The number of nitrogens with one attached hydrogen (secondary N) is 3. The summed E-state index contributed by atoms with van der Waals surface area (Å²) in [6.45, 7) is 7.14. The minimum atomic E-state index is 0.191. The zero-order valence-electron chi connectivity index (χ0n) is 17.2. The first-order valence-corrected chi connectivity index (χ1v) is 9.64. The number of pyridine rings is 2. The van der Waals surface area contributed by atoms with E-state index in [2.05, 4.69) is 34.6 Å². The Morgan fingerprint density at radius 1 is 1.28 bits per heavy atom. The third-order valence-electron chi connectivity index (χ3n) is 4.33. The summed E-state index contributed by atoms with van der Waals surface area (Å²) in [5, 5.41) is 19.0. The van der Waals surface area contributed by atoms with Crippen LogP contribution >= 0.6 is 0 Å². The summed E-state index contributed by atoms with van der Waals surface area (Å²) in [7, 11) is 1.91. The van der Waals surface area contributed by atoms with Gasteiger partial charge in [0.05, 0.1) is 41.5 Å². The molecule has 0 radical (unpaired) electrons. The van der Waals surface area contributed by atoms with Gasteiger partial charge in [0, 0.05) is 31.7 Å². The molecule has 3 aromatic heterocycles. The Balaban J connectivity index is 2.07. The van der Waals surface area contributed by atoms with Crippen molar-refractivity contribution in [3.8, 4) is 17.1 Å². The molecule has 3 rings (SSSR count). The van der Waals surface area contributed by atoms with Crippen molar-refractivity contribution >= 4 is 17.6 Å². The summed E-state index contributed by atoms with van der Waals surface area (Å²) >= 11 is 0. The highest BCUT2D eigenvalue weighted by atomic mass is 16.5. The van der Waals surface area contributed by atoms with Crippen LogP contribution in [-0.2, 0) is 13.6 Å². The molecule has 0 saturated heterocycles. The lowest BCUT2D eigenvalue weighted by molar-refractivity contribution is 0.328. The highest BCUT2D eigenvalue weighted by Crippen LogP contribution is 2.34. The molecule has 8 heteroatoms. The van der Waals surface area contributed by atoms with Gasteiger partial charge in [0.1, 0.15) is 5.69 Å². The van der Waals surface area contributed by atoms with Crippen molar-refractivity contribution < 1.29 is 4.74 Å². The van der Waals surface area contributed by atoms with Crippen molar-refractivity contribution in [1.82, 2.24) is 19.7 Å². The third-order valence-corrected chi connectivity index (χ3v) is 4.33. The Morgan fingerprint density at radius 2 is 2.10 bits per heavy atom. The smallest absolute Gasteiger partial charge is 0.222 e. The summed E-state index contributed by atoms with van der Waals surface area (Å²) in [5.41, 5.74) is 4.73. The highest BCUT2D eigenvalue weighted by Gasteiger charge is 2.16. The van der Waals surface area contributed by atoms with E-state index in [4.69, 9.17) is 15.1 Å². The maximum atomic E-state index is 7.91. The van der Waals surface area contributed by atoms with Crippen molar-refractivity contribution in [2.24, 2.45) is 7.05 Å². The second kappa shape index (κ2) is 9.18. The number of hydrogen-bond acceptors (Lipinski definition) is 7. The molecule has 0 bridgehead atoms. The van der Waals surface area contributed by atoms with Crippen LogP contribution in [0.25, 0.3) is 11.3 Å². The van der Waals surface area contributed by atoms with Gasteiger partial charge in [-0.15, -0.1) is 0 Å². The van der Waals surface area contributed by atoms with E-state index in [0.29, 0.717) is 30.4 Å². The normalized spacial score (nSPS) is 10.8. The Hall–Kier alpha value is -3.42. The van der Waals surface area contributed by atoms with Crippen molar-refractivity contribution in [1.29, 1.82) is 5.41 Å². The summed E-state index contributed by atoms with van der Waals surface area (Å²) in [6, 6.07) is 7.90. The van der Waals surface area contributed by atoms with Crippen molar-refractivity contribution in [2.75, 3.05) is 17.2 Å². The van der Waals surface area contributed by atoms with Crippen LogP contribution in [0.3, 0.4) is 0 Å². The molecule has 3 aromatic rings. The molecule has 3 N–H and O–H groups in total. The SMILES string of the molecule is CCOc1ncccc1-c1cc(NCc2ccnn2C)c(NC(C)C)c(C=N)n1. The molecular formula is C21H27N7O. The number of rotatable bonds is 9. The van der Waals surface area contributed by atoms with E-state index in [1.165, 1.54) is 6.21 Å². The minimum Gasteiger partial charge on any atom is -0.477 e. The molecule has 0 atom stereocenters. The van der Waals surface area contributed by atoms with E-state index < -0.39 is 0 Å². The van der Waals surface area contributed by atoms with Gasteiger partial charge in [0.15, 0.2) is 0 Å². The fourth-order valence-electron chi connectivity index (χ4n) is 2.99. The third kappa shape index (κ3) is 4.71. The lowest BCUT2D eigenvalue weighted by Crippen LogP contribution is -2.16. The van der Waals surface area contributed by atoms with Gasteiger partial charge in [-0.25, -0.2) is 9.97 Å². The van der Waals surface area contributed by atoms with Crippen LogP contribution in [0.5, 0.6) is 5.88 Å². The average Bonchev–Trinajstić information content (AvgIpc) is 3.12. The highest BCUT2D eigenvalue weighted by molar-refractivity contribution is 5.91. The molecule has 0 aliphatic heterocycles. The van der Waals surface area contributed by atoms with Crippen molar-refractivity contribution in [3.05, 3.63) is 48.0 Å². The maximum Gasteiger partial charge on any atom is 0.222 e. The van der Waals surface area contributed by atoms with Gasteiger partial charge >= 0.3 is 0 Å². The van der Waals surface area contributed by atoms with Gasteiger partial charge in [-0.3, -0.25) is 4.68 Å². The molecule has 0 aliphatic carbocycles. The van der Waals surface area contributed by atoms with Crippen LogP contribution in [0.2, 0.25) is 0 Å². The lowest BCUT2D eigenvalue weighted by atomic mass is 10.1. The van der Waals surface area contributed by atoms with E-state index in [-0.39, 0.29) is 6.04 Å². The van der Waals surface area contributed by atoms with Crippen LogP contribution in [-0.4, -0.2) is 38.6 Å². The average molecular weight is 393 g/mol. The summed E-state index contributed by atoms with van der Waals surface area (Å²) in [4.78, 5) is 9.03. The second-order valence-corrected chi connectivity index (χ2v) is 6.85. The Kier molecular flexibility index (Phi) is 6.43. The number of aryl methyl sites for hydroxylation is 1. The molecule has 0 aromatic carbocycles. The van der Waals surface area contributed by atoms with Gasteiger partial charge in [-0.05, 0) is 45.0 Å². The van der Waals surface area contributed by atoms with Gasteiger partial charge in [-0.2, -0.15) is 5.10 Å². The number of aromatic nitrogens is 4. The standard InChI is InChI=1S/C21H27N7O/c1-5-29-21-16(7-6-9-23-21)17-11-18(24-13-15-8-10-25-28(15)4)20(26-14(2)3)19(12-22)27-17/h6-12,14,22,26H,5,13H2,1-4H3,(H,24,27). The molecule has 0 unspecified atom stereocenters. The molecule has 0 spiro atoms. The predicted octanol–water partition coefficient (Wildman–Crippen LogP) is 3.71. The van der Waals surface area contributed by atoms with Gasteiger partial charge < -0.3 is 20.8 Å². The minimum absolute atomic E-state index is 0.191. The van der Waals surface area contributed by atoms with Crippen LogP contribution in [0, 0.1) is 5.41 Å². The fourth-order valence-corrected chi connectivity index (χ4v) is 2.99. The molecule has 0 fully saturated rings. The first kappa shape index (κ1) is 20.3. The molecular weight excluding hydrogens is 366 g/mol. The zero-order valence-corrected chi connectivity index (χ0v) is 17.2. The van der Waals surface area contributed by atoms with E-state index in [9.17, 15) is 0 Å². The van der Waals surface area contributed by atoms with Crippen LogP contribution < -0.4 is 15.4 Å². The van der Waals surface area contributed by atoms with Gasteiger partial charge in [-0.1, -0.05) is 0 Å². The molecule has 29 heavy (non-hydrogen) atoms. The maximum absolute atomic E-state index is 7.91. The topological polar surface area (TPSA) is 101 Å². The lowest BCUT2D eigenvalue weighted by Gasteiger charge is -2.20. The number of ether oxygens (including phenoxy) is 1. The monoisotopic (exact) mass is 393 g/mol. The molecule has 0 saturated carbocycles. The summed E-state index contributed by atoms with van der Waals surface area (Å²) in [5.74, 6) is 0.528. The number of nitrogens with zero attached hydrogens (tertiary/aromatic N) is 4. The first-order chi connectivity index (χ1) is 14.0. The summed E-state index contributed by atoms with van der Waals surface area (Å²) < 4.78 is 7.51. The molecule has 0 amide bonds. The molecule has 3 heterocycles. The molecule has 0 aliphatic rings. The van der Waals surface area contributed by atoms with E-state index in [0.717, 1.165) is 22.6 Å². The molecule has 8 nitrogen and oxygen atoms in total. The predicted molar refractivity (Wildman–Crippen MR) is 116 cm³/mol. The Labute approximate surface area is 170 Å². The van der Waals surface area contributed by atoms with Crippen molar-refractivity contribution in [3.63, 3.8) is 0 Å². The largest absolute Gasteiger partial charge is 0.477 e. The van der Waals surface area contributed by atoms with Crippen LogP contribution in [0.1, 0.15) is 32.2 Å². The van der Waals surface area contributed by atoms with E-state index in [1.54, 1.807) is 12.4 Å². The van der Waals surface area contributed by atoms with Crippen LogP contribution in [0.15, 0.2) is 36.7 Å². The number of hydrogen-bond donors (Lipinski definition) is 3. The number of anilines is 2. The fraction of sp³-hybridized carbons (Fsp3) is 0.333. The van der Waals surface area contributed by atoms with Crippen molar-refractivity contribution in [2.45, 2.75) is 33.4 Å². The van der Waals surface area contributed by atoms with E-state index >= 15 is 0 Å². The summed E-state index contributed by atoms with van der Waals surface area (Å²) in [6.07, 6.45) is 4.73. The van der Waals surface area contributed by atoms with Gasteiger partial charge in [0.25, 0.3) is 0 Å². The van der Waals surface area contributed by atoms with Gasteiger partial charge in [0.2, 0.25) is 5.88 Å². The Morgan fingerprint density at radius 3 is 2.76 bits per heavy atom. The van der Waals surface area contributed by atoms with Crippen LogP contribution in [0.4, 0.5) is 11.4 Å².